The molecule has 0 aromatic rings. The van der Waals surface area contributed by atoms with Crippen LogP contribution in [0.1, 0.15) is 39.5 Å². The van der Waals surface area contributed by atoms with E-state index in [1.165, 1.54) is 0 Å². The first-order valence-electron chi connectivity index (χ1n) is 5.51. The first-order valence-corrected chi connectivity index (χ1v) is 5.51. The summed E-state index contributed by atoms with van der Waals surface area (Å²) in [5, 5.41) is 0. The normalized spacial score (nSPS) is 27.7. The number of hydrogen-bond acceptors (Lipinski definition) is 3. The van der Waals surface area contributed by atoms with Gasteiger partial charge in [0.15, 0.2) is 0 Å². The summed E-state index contributed by atoms with van der Waals surface area (Å²) < 4.78 is 5.20. The highest BCUT2D eigenvalue weighted by atomic mass is 16.5. The fourth-order valence-corrected chi connectivity index (χ4v) is 1.72. The Kier molecular flexibility index (Phi) is 4.39. The number of rotatable bonds is 3. The summed E-state index contributed by atoms with van der Waals surface area (Å²) in [6, 6.07) is 0.296. The van der Waals surface area contributed by atoms with Crippen molar-refractivity contribution in [2.45, 2.75) is 45.6 Å². The van der Waals surface area contributed by atoms with Crippen LogP contribution in [-0.4, -0.2) is 18.6 Å². The van der Waals surface area contributed by atoms with Gasteiger partial charge in [0.25, 0.3) is 0 Å². The predicted octanol–water partition coefficient (Wildman–Crippen LogP) is 1.70. The smallest absolute Gasteiger partial charge is 0.308 e. The Labute approximate surface area is 86.0 Å². The minimum atomic E-state index is -0.0226. The van der Waals surface area contributed by atoms with Gasteiger partial charge in [0.2, 0.25) is 0 Å². The van der Waals surface area contributed by atoms with Gasteiger partial charge in [-0.25, -0.2) is 0 Å². The van der Waals surface area contributed by atoms with Crippen LogP contribution in [0.15, 0.2) is 0 Å². The van der Waals surface area contributed by atoms with Crippen molar-refractivity contribution in [3.63, 3.8) is 0 Å². The van der Waals surface area contributed by atoms with Crippen LogP contribution >= 0.6 is 0 Å². The maximum Gasteiger partial charge on any atom is 0.308 e. The predicted molar refractivity (Wildman–Crippen MR) is 55.7 cm³/mol. The third-order valence-electron chi connectivity index (χ3n) is 2.66. The lowest BCUT2D eigenvalue weighted by Crippen LogP contribution is -2.31. The Hall–Kier alpha value is -0.570. The number of carbonyl (C=O) groups excluding carboxylic acids is 1. The monoisotopic (exact) mass is 199 g/mol. The maximum atomic E-state index is 11.5. The minimum Gasteiger partial charge on any atom is -0.465 e. The highest BCUT2D eigenvalue weighted by Gasteiger charge is 2.25. The molecule has 0 saturated heterocycles. The van der Waals surface area contributed by atoms with E-state index in [1.54, 1.807) is 0 Å². The highest BCUT2D eigenvalue weighted by molar-refractivity contribution is 5.72. The average molecular weight is 199 g/mol. The summed E-state index contributed by atoms with van der Waals surface area (Å²) in [5.74, 6) is 0.504. The first kappa shape index (κ1) is 11.5. The molecule has 1 aliphatic carbocycles. The van der Waals surface area contributed by atoms with E-state index in [0.717, 1.165) is 25.7 Å². The lowest BCUT2D eigenvalue weighted by atomic mass is 9.86. The van der Waals surface area contributed by atoms with Gasteiger partial charge in [-0.1, -0.05) is 13.8 Å². The van der Waals surface area contributed by atoms with Crippen LogP contribution in [0.5, 0.6) is 0 Å². The molecule has 0 aliphatic heterocycles. The van der Waals surface area contributed by atoms with Crippen molar-refractivity contribution >= 4 is 5.97 Å². The molecule has 0 aromatic carbocycles. The zero-order valence-electron chi connectivity index (χ0n) is 9.16. The van der Waals surface area contributed by atoms with Crippen molar-refractivity contribution in [3.8, 4) is 0 Å². The Balaban J connectivity index is 2.24. The average Bonchev–Trinajstić information content (AvgIpc) is 2.15. The maximum absolute atomic E-state index is 11.5. The molecule has 1 aliphatic rings. The Morgan fingerprint density at radius 2 is 1.93 bits per heavy atom. The second kappa shape index (κ2) is 5.35. The molecule has 0 unspecified atom stereocenters. The Morgan fingerprint density at radius 3 is 2.43 bits per heavy atom. The van der Waals surface area contributed by atoms with Gasteiger partial charge in [0.05, 0.1) is 12.5 Å². The van der Waals surface area contributed by atoms with Crippen LogP contribution in [0.2, 0.25) is 0 Å². The number of nitrogens with two attached hydrogens (primary N) is 1. The second-order valence-corrected chi connectivity index (χ2v) is 4.64. The third-order valence-corrected chi connectivity index (χ3v) is 2.66. The molecule has 1 fully saturated rings. The molecular weight excluding hydrogens is 178 g/mol. The number of hydrogen-bond donors (Lipinski definition) is 1. The van der Waals surface area contributed by atoms with E-state index in [1.807, 2.05) is 13.8 Å². The van der Waals surface area contributed by atoms with Crippen molar-refractivity contribution in [1.82, 2.24) is 0 Å². The molecule has 0 bridgehead atoms. The summed E-state index contributed by atoms with van der Waals surface area (Å²) >= 11 is 0. The van der Waals surface area contributed by atoms with E-state index >= 15 is 0 Å². The largest absolute Gasteiger partial charge is 0.465 e. The quantitative estimate of drug-likeness (QED) is 0.704. The second-order valence-electron chi connectivity index (χ2n) is 4.64. The third kappa shape index (κ3) is 3.66. The van der Waals surface area contributed by atoms with Crippen molar-refractivity contribution < 1.29 is 9.53 Å². The van der Waals surface area contributed by atoms with E-state index in [-0.39, 0.29) is 11.9 Å². The van der Waals surface area contributed by atoms with E-state index in [9.17, 15) is 4.79 Å². The van der Waals surface area contributed by atoms with E-state index < -0.39 is 0 Å². The van der Waals surface area contributed by atoms with Crippen molar-refractivity contribution in [3.05, 3.63) is 0 Å². The SMILES string of the molecule is CC(C)COC(=O)C1CCC(N)CC1. The van der Waals surface area contributed by atoms with Gasteiger partial charge in [-0.15, -0.1) is 0 Å². The molecule has 1 saturated carbocycles. The minimum absolute atomic E-state index is 0.0226. The van der Waals surface area contributed by atoms with Crippen LogP contribution < -0.4 is 5.73 Å². The van der Waals surface area contributed by atoms with E-state index in [2.05, 4.69) is 0 Å². The summed E-state index contributed by atoms with van der Waals surface area (Å²) in [6.07, 6.45) is 3.72. The molecule has 0 heterocycles. The zero-order valence-corrected chi connectivity index (χ0v) is 9.16. The van der Waals surface area contributed by atoms with Crippen LogP contribution in [0.3, 0.4) is 0 Å². The zero-order chi connectivity index (χ0) is 10.6. The molecule has 3 heteroatoms. The van der Waals surface area contributed by atoms with Crippen LogP contribution in [0.25, 0.3) is 0 Å². The van der Waals surface area contributed by atoms with Gasteiger partial charge in [-0.2, -0.15) is 0 Å². The lowest BCUT2D eigenvalue weighted by Gasteiger charge is -2.24. The van der Waals surface area contributed by atoms with Gasteiger partial charge in [0, 0.05) is 6.04 Å². The summed E-state index contributed by atoms with van der Waals surface area (Å²) in [7, 11) is 0. The molecule has 0 amide bonds. The Morgan fingerprint density at radius 1 is 1.36 bits per heavy atom. The molecule has 1 rings (SSSR count). The molecule has 14 heavy (non-hydrogen) atoms. The number of carbonyl (C=O) groups is 1. The van der Waals surface area contributed by atoms with Crippen molar-refractivity contribution in [2.24, 2.45) is 17.6 Å². The molecule has 3 nitrogen and oxygen atoms in total. The van der Waals surface area contributed by atoms with Gasteiger partial charge in [-0.05, 0) is 31.6 Å². The van der Waals surface area contributed by atoms with Gasteiger partial charge in [-0.3, -0.25) is 4.79 Å². The first-order chi connectivity index (χ1) is 6.59. The van der Waals surface area contributed by atoms with Gasteiger partial charge < -0.3 is 10.5 Å². The van der Waals surface area contributed by atoms with Crippen LogP contribution in [0.4, 0.5) is 0 Å². The highest BCUT2D eigenvalue weighted by Crippen LogP contribution is 2.24. The summed E-state index contributed by atoms with van der Waals surface area (Å²) in [5.41, 5.74) is 5.77. The number of esters is 1. The van der Waals surface area contributed by atoms with E-state index in [0.29, 0.717) is 18.6 Å². The fourth-order valence-electron chi connectivity index (χ4n) is 1.72. The van der Waals surface area contributed by atoms with Crippen LogP contribution in [-0.2, 0) is 9.53 Å². The summed E-state index contributed by atoms with van der Waals surface area (Å²) in [4.78, 5) is 11.5. The molecule has 0 spiro atoms. The molecule has 82 valence electrons. The molecule has 2 N–H and O–H groups in total. The topological polar surface area (TPSA) is 52.3 Å². The standard InChI is InChI=1S/C11H21NO2/c1-8(2)7-14-11(13)9-3-5-10(12)6-4-9/h8-10H,3-7,12H2,1-2H3. The van der Waals surface area contributed by atoms with Crippen molar-refractivity contribution in [2.75, 3.05) is 6.61 Å². The molecule has 0 atom stereocenters. The van der Waals surface area contributed by atoms with Gasteiger partial charge in [0.1, 0.15) is 0 Å². The fraction of sp³-hybridized carbons (Fsp3) is 0.909. The van der Waals surface area contributed by atoms with Gasteiger partial charge >= 0.3 is 5.97 Å². The molecule has 0 radical (unpaired) electrons. The van der Waals surface area contributed by atoms with E-state index in [4.69, 9.17) is 10.5 Å². The molecular formula is C11H21NO2. The lowest BCUT2D eigenvalue weighted by molar-refractivity contribution is -0.150. The molecule has 0 aromatic heterocycles. The van der Waals surface area contributed by atoms with Crippen LogP contribution in [0, 0.1) is 11.8 Å². The number of ether oxygens (including phenoxy) is 1. The Bertz CT molecular complexity index is 184. The van der Waals surface area contributed by atoms with Crippen molar-refractivity contribution in [1.29, 1.82) is 0 Å². The summed E-state index contributed by atoms with van der Waals surface area (Å²) in [6.45, 7) is 4.63.